The monoisotopic (exact) mass is 344 g/mol. The van der Waals surface area contributed by atoms with Gasteiger partial charge < -0.3 is 10.1 Å². The van der Waals surface area contributed by atoms with E-state index < -0.39 is 29.2 Å². The summed E-state index contributed by atoms with van der Waals surface area (Å²) in [7, 11) is 0. The molecule has 0 spiro atoms. The highest BCUT2D eigenvalue weighted by atomic mass is 19.1. The average molecular weight is 344 g/mol. The Hall–Kier alpha value is -3.55. The molecule has 0 aliphatic heterocycles. The molecule has 0 atom stereocenters. The summed E-state index contributed by atoms with van der Waals surface area (Å²) < 4.78 is 17.7. The minimum absolute atomic E-state index is 0.105. The number of amides is 1. The molecular weight excluding hydrogens is 331 g/mol. The molecule has 0 saturated carbocycles. The second-order valence-corrected chi connectivity index (χ2v) is 4.85. The molecule has 0 fully saturated rings. The van der Waals surface area contributed by atoms with Gasteiger partial charge >= 0.3 is 5.97 Å². The largest absolute Gasteiger partial charge is 0.452 e. The Bertz CT molecular complexity index is 818. The SMILES string of the molecule is O=C(COC(=O)/C=C/c1cccc(F)c1)Nc1ccc([N+](=O)[O-])cc1. The summed E-state index contributed by atoms with van der Waals surface area (Å²) in [6.07, 6.45) is 2.44. The van der Waals surface area contributed by atoms with Gasteiger partial charge in [0.05, 0.1) is 4.92 Å². The zero-order valence-corrected chi connectivity index (χ0v) is 12.8. The smallest absolute Gasteiger partial charge is 0.331 e. The summed E-state index contributed by atoms with van der Waals surface area (Å²) in [5, 5.41) is 13.0. The van der Waals surface area contributed by atoms with Crippen molar-refractivity contribution >= 4 is 29.3 Å². The van der Waals surface area contributed by atoms with Crippen LogP contribution in [0.4, 0.5) is 15.8 Å². The van der Waals surface area contributed by atoms with Crippen molar-refractivity contribution in [3.63, 3.8) is 0 Å². The van der Waals surface area contributed by atoms with E-state index in [1.165, 1.54) is 48.5 Å². The Labute approximate surface area is 141 Å². The summed E-state index contributed by atoms with van der Waals surface area (Å²) in [6.45, 7) is -0.524. The first-order chi connectivity index (χ1) is 11.9. The van der Waals surface area contributed by atoms with Gasteiger partial charge in [0.2, 0.25) is 0 Å². The zero-order chi connectivity index (χ0) is 18.2. The van der Waals surface area contributed by atoms with E-state index in [4.69, 9.17) is 4.74 Å². The summed E-state index contributed by atoms with van der Waals surface area (Å²) in [5.41, 5.74) is 0.709. The topological polar surface area (TPSA) is 98.5 Å². The fourth-order valence-corrected chi connectivity index (χ4v) is 1.82. The summed E-state index contributed by atoms with van der Waals surface area (Å²) in [4.78, 5) is 33.1. The van der Waals surface area contributed by atoms with Crippen molar-refractivity contribution in [2.24, 2.45) is 0 Å². The van der Waals surface area contributed by atoms with Crippen molar-refractivity contribution in [3.8, 4) is 0 Å². The van der Waals surface area contributed by atoms with E-state index in [1.54, 1.807) is 6.07 Å². The number of carbonyl (C=O) groups is 2. The van der Waals surface area contributed by atoms with E-state index in [-0.39, 0.29) is 5.69 Å². The van der Waals surface area contributed by atoms with E-state index >= 15 is 0 Å². The van der Waals surface area contributed by atoms with Crippen molar-refractivity contribution in [2.45, 2.75) is 0 Å². The van der Waals surface area contributed by atoms with Crippen molar-refractivity contribution in [2.75, 3.05) is 11.9 Å². The Morgan fingerprint density at radius 1 is 1.20 bits per heavy atom. The lowest BCUT2D eigenvalue weighted by Gasteiger charge is -2.05. The third kappa shape index (κ3) is 5.87. The van der Waals surface area contributed by atoms with Crippen LogP contribution in [0.1, 0.15) is 5.56 Å². The molecule has 0 radical (unpaired) electrons. The lowest BCUT2D eigenvalue weighted by molar-refractivity contribution is -0.384. The molecule has 2 rings (SSSR count). The van der Waals surface area contributed by atoms with Crippen LogP contribution in [-0.4, -0.2) is 23.4 Å². The molecule has 2 aromatic rings. The minimum atomic E-state index is -0.761. The van der Waals surface area contributed by atoms with E-state index in [0.29, 0.717) is 11.3 Å². The molecule has 0 saturated heterocycles. The number of nitrogens with zero attached hydrogens (tertiary/aromatic N) is 1. The number of non-ortho nitro benzene ring substituents is 1. The van der Waals surface area contributed by atoms with Crippen LogP contribution < -0.4 is 5.32 Å². The van der Waals surface area contributed by atoms with Crippen LogP contribution in [0.15, 0.2) is 54.6 Å². The number of halogens is 1. The molecule has 0 aliphatic rings. The summed E-state index contributed by atoms with van der Waals surface area (Å²) in [6, 6.07) is 10.8. The average Bonchev–Trinajstić information content (AvgIpc) is 2.58. The van der Waals surface area contributed by atoms with Gasteiger partial charge in [-0.15, -0.1) is 0 Å². The fraction of sp³-hybridized carbons (Fsp3) is 0.0588. The number of hydrogen-bond acceptors (Lipinski definition) is 5. The predicted molar refractivity (Wildman–Crippen MR) is 88.1 cm³/mol. The van der Waals surface area contributed by atoms with E-state index in [9.17, 15) is 24.1 Å². The Balaban J connectivity index is 1.81. The van der Waals surface area contributed by atoms with Crippen molar-refractivity contribution in [3.05, 3.63) is 76.1 Å². The number of rotatable bonds is 6. The van der Waals surface area contributed by atoms with Crippen LogP contribution in [0.5, 0.6) is 0 Å². The maximum absolute atomic E-state index is 13.0. The Morgan fingerprint density at radius 3 is 2.56 bits per heavy atom. The number of benzene rings is 2. The number of hydrogen-bond donors (Lipinski definition) is 1. The van der Waals surface area contributed by atoms with Gasteiger partial charge in [0, 0.05) is 23.9 Å². The highest BCUT2D eigenvalue weighted by Crippen LogP contribution is 2.15. The molecule has 0 unspecified atom stereocenters. The number of anilines is 1. The molecule has 0 aromatic heterocycles. The number of esters is 1. The molecule has 0 bridgehead atoms. The number of nitro groups is 1. The molecule has 7 nitrogen and oxygen atoms in total. The summed E-state index contributed by atoms with van der Waals surface area (Å²) >= 11 is 0. The van der Waals surface area contributed by atoms with Gasteiger partial charge in [-0.25, -0.2) is 9.18 Å². The van der Waals surface area contributed by atoms with Gasteiger partial charge in [0.1, 0.15) is 5.82 Å². The first-order valence-corrected chi connectivity index (χ1v) is 7.09. The van der Waals surface area contributed by atoms with E-state index in [0.717, 1.165) is 6.08 Å². The number of nitro benzene ring substituents is 1. The molecule has 1 N–H and O–H groups in total. The molecule has 8 heteroatoms. The predicted octanol–water partition coefficient (Wildman–Crippen LogP) is 2.93. The first kappa shape index (κ1) is 17.8. The minimum Gasteiger partial charge on any atom is -0.452 e. The van der Waals surface area contributed by atoms with Gasteiger partial charge in [0.25, 0.3) is 11.6 Å². The van der Waals surface area contributed by atoms with Crippen LogP contribution in [0.3, 0.4) is 0 Å². The van der Waals surface area contributed by atoms with Gasteiger partial charge in [-0.05, 0) is 35.9 Å². The van der Waals surface area contributed by atoms with E-state index in [2.05, 4.69) is 5.32 Å². The van der Waals surface area contributed by atoms with Crippen LogP contribution >= 0.6 is 0 Å². The van der Waals surface area contributed by atoms with Crippen LogP contribution in [0.2, 0.25) is 0 Å². The molecule has 1 amide bonds. The van der Waals surface area contributed by atoms with Gasteiger partial charge in [0.15, 0.2) is 6.61 Å². The molecule has 128 valence electrons. The van der Waals surface area contributed by atoms with Gasteiger partial charge in [-0.1, -0.05) is 12.1 Å². The molecule has 25 heavy (non-hydrogen) atoms. The first-order valence-electron chi connectivity index (χ1n) is 7.09. The van der Waals surface area contributed by atoms with E-state index in [1.807, 2.05) is 0 Å². The van der Waals surface area contributed by atoms with Gasteiger partial charge in [-0.3, -0.25) is 14.9 Å². The highest BCUT2D eigenvalue weighted by Gasteiger charge is 2.08. The zero-order valence-electron chi connectivity index (χ0n) is 12.8. The molecule has 2 aromatic carbocycles. The standard InChI is InChI=1S/C17H13FN2O5/c18-13-3-1-2-12(10-13)4-9-17(22)25-11-16(21)19-14-5-7-15(8-6-14)20(23)24/h1-10H,11H2,(H,19,21)/b9-4+. The third-order valence-electron chi connectivity index (χ3n) is 2.97. The summed E-state index contributed by atoms with van der Waals surface area (Å²) in [5.74, 6) is -1.79. The van der Waals surface area contributed by atoms with Crippen molar-refractivity contribution < 1.29 is 23.6 Å². The Kier molecular flexibility index (Phi) is 5.94. The van der Waals surface area contributed by atoms with Gasteiger partial charge in [-0.2, -0.15) is 0 Å². The number of nitrogens with one attached hydrogen (secondary N) is 1. The fourth-order valence-electron chi connectivity index (χ4n) is 1.82. The van der Waals surface area contributed by atoms with Crippen LogP contribution in [0.25, 0.3) is 6.08 Å². The lowest BCUT2D eigenvalue weighted by Crippen LogP contribution is -2.20. The van der Waals surface area contributed by atoms with Crippen molar-refractivity contribution in [1.82, 2.24) is 0 Å². The number of carbonyl (C=O) groups excluding carboxylic acids is 2. The quantitative estimate of drug-likeness (QED) is 0.376. The molecule has 0 heterocycles. The normalized spacial score (nSPS) is 10.4. The third-order valence-corrected chi connectivity index (χ3v) is 2.97. The second kappa shape index (κ2) is 8.34. The number of ether oxygens (including phenoxy) is 1. The lowest BCUT2D eigenvalue weighted by atomic mass is 10.2. The highest BCUT2D eigenvalue weighted by molar-refractivity contribution is 5.94. The maximum atomic E-state index is 13.0. The molecule has 0 aliphatic carbocycles. The molecular formula is C17H13FN2O5. The second-order valence-electron chi connectivity index (χ2n) is 4.85. The van der Waals surface area contributed by atoms with Crippen molar-refractivity contribution in [1.29, 1.82) is 0 Å². The Morgan fingerprint density at radius 2 is 1.92 bits per heavy atom. The van der Waals surface area contributed by atoms with Crippen LogP contribution in [-0.2, 0) is 14.3 Å². The maximum Gasteiger partial charge on any atom is 0.331 e. The van der Waals surface area contributed by atoms with Crippen LogP contribution in [0, 0.1) is 15.9 Å².